The molecule has 0 bridgehead atoms. The molecule has 0 unspecified atom stereocenters. The zero-order valence-electron chi connectivity index (χ0n) is 15.4. The van der Waals surface area contributed by atoms with Gasteiger partial charge in [-0.15, -0.1) is 0 Å². The summed E-state index contributed by atoms with van der Waals surface area (Å²) in [6.45, 7) is 2.86. The van der Waals surface area contributed by atoms with E-state index in [1.165, 1.54) is 26.2 Å². The molecule has 1 aliphatic carbocycles. The summed E-state index contributed by atoms with van der Waals surface area (Å²) in [7, 11) is 0. The zero-order valence-corrected chi connectivity index (χ0v) is 15.4. The lowest BCUT2D eigenvalue weighted by Gasteiger charge is -2.33. The van der Waals surface area contributed by atoms with Crippen LogP contribution in [0.4, 0.5) is 10.5 Å². The quantitative estimate of drug-likeness (QED) is 0.865. The molecule has 0 aromatic carbocycles. The topological polar surface area (TPSA) is 83.6 Å². The first-order chi connectivity index (χ1) is 12.6. The number of amides is 3. The van der Waals surface area contributed by atoms with Crippen LogP contribution in [0.1, 0.15) is 51.9 Å². The molecule has 0 atom stereocenters. The Labute approximate surface area is 154 Å². The number of anilines is 1. The van der Waals surface area contributed by atoms with Gasteiger partial charge in [0, 0.05) is 45.0 Å². The van der Waals surface area contributed by atoms with Crippen molar-refractivity contribution in [2.24, 2.45) is 0 Å². The van der Waals surface area contributed by atoms with Gasteiger partial charge in [-0.25, -0.2) is 9.78 Å². The smallest absolute Gasteiger partial charge is 0.317 e. The summed E-state index contributed by atoms with van der Waals surface area (Å²) in [5, 5.41) is 5.85. The summed E-state index contributed by atoms with van der Waals surface area (Å²) >= 11 is 0. The minimum Gasteiger partial charge on any atom is -0.474 e. The van der Waals surface area contributed by atoms with Gasteiger partial charge < -0.3 is 20.3 Å². The van der Waals surface area contributed by atoms with Crippen molar-refractivity contribution in [3.63, 3.8) is 0 Å². The maximum absolute atomic E-state index is 12.4. The van der Waals surface area contributed by atoms with E-state index in [4.69, 9.17) is 4.74 Å². The third kappa shape index (κ3) is 5.34. The van der Waals surface area contributed by atoms with Crippen LogP contribution in [0.15, 0.2) is 18.3 Å². The fraction of sp³-hybridized carbons (Fsp3) is 0.632. The number of carbonyl (C=O) groups is 2. The molecule has 1 aromatic heterocycles. The van der Waals surface area contributed by atoms with Gasteiger partial charge in [-0.3, -0.25) is 4.79 Å². The lowest BCUT2D eigenvalue weighted by molar-refractivity contribution is -0.114. The van der Waals surface area contributed by atoms with Crippen molar-refractivity contribution in [3.8, 4) is 5.88 Å². The van der Waals surface area contributed by atoms with Crippen LogP contribution in [0.2, 0.25) is 0 Å². The fourth-order valence-electron chi connectivity index (χ4n) is 3.59. The third-order valence-electron chi connectivity index (χ3n) is 5.01. The predicted octanol–water partition coefficient (Wildman–Crippen LogP) is 2.93. The second-order valence-corrected chi connectivity index (χ2v) is 7.15. The SMILES string of the molecule is CC(=O)Nc1ccc(OC2CCN(C(=O)NC3CCCCC3)CC2)nc1. The number of nitrogens with one attached hydrogen (secondary N) is 2. The summed E-state index contributed by atoms with van der Waals surface area (Å²) in [6.07, 6.45) is 9.17. The van der Waals surface area contributed by atoms with E-state index in [2.05, 4.69) is 15.6 Å². The van der Waals surface area contributed by atoms with Crippen LogP contribution in [0.3, 0.4) is 0 Å². The van der Waals surface area contributed by atoms with Gasteiger partial charge >= 0.3 is 6.03 Å². The van der Waals surface area contributed by atoms with Gasteiger partial charge in [0.15, 0.2) is 0 Å². The zero-order chi connectivity index (χ0) is 18.4. The number of ether oxygens (including phenoxy) is 1. The van der Waals surface area contributed by atoms with E-state index in [1.54, 1.807) is 18.3 Å². The molecule has 142 valence electrons. The second kappa shape index (κ2) is 8.87. The highest BCUT2D eigenvalue weighted by molar-refractivity contribution is 5.88. The van der Waals surface area contributed by atoms with Crippen LogP contribution >= 0.6 is 0 Å². The number of aromatic nitrogens is 1. The van der Waals surface area contributed by atoms with Gasteiger partial charge in [0.05, 0.1) is 11.9 Å². The van der Waals surface area contributed by atoms with Gasteiger partial charge in [0.25, 0.3) is 0 Å². The largest absolute Gasteiger partial charge is 0.474 e. The number of rotatable bonds is 4. The number of piperidine rings is 1. The predicted molar refractivity (Wildman–Crippen MR) is 99.2 cm³/mol. The van der Waals surface area contributed by atoms with Crippen molar-refractivity contribution in [2.45, 2.75) is 64.0 Å². The van der Waals surface area contributed by atoms with E-state index in [1.807, 2.05) is 4.90 Å². The summed E-state index contributed by atoms with van der Waals surface area (Å²) in [6, 6.07) is 3.94. The molecule has 1 saturated heterocycles. The Morgan fingerprint density at radius 2 is 1.85 bits per heavy atom. The number of carbonyl (C=O) groups excluding carboxylic acids is 2. The second-order valence-electron chi connectivity index (χ2n) is 7.15. The van der Waals surface area contributed by atoms with Crippen molar-refractivity contribution in [2.75, 3.05) is 18.4 Å². The molecule has 2 aliphatic rings. The van der Waals surface area contributed by atoms with Crippen molar-refractivity contribution < 1.29 is 14.3 Å². The highest BCUT2D eigenvalue weighted by atomic mass is 16.5. The van der Waals surface area contributed by atoms with Gasteiger partial charge in [-0.05, 0) is 18.9 Å². The summed E-state index contributed by atoms with van der Waals surface area (Å²) in [5.74, 6) is 0.420. The highest BCUT2D eigenvalue weighted by Gasteiger charge is 2.26. The van der Waals surface area contributed by atoms with E-state index in [-0.39, 0.29) is 18.0 Å². The van der Waals surface area contributed by atoms with Crippen molar-refractivity contribution in [1.82, 2.24) is 15.2 Å². The average Bonchev–Trinajstić information content (AvgIpc) is 2.64. The summed E-state index contributed by atoms with van der Waals surface area (Å²) in [5.41, 5.74) is 0.652. The molecule has 7 nitrogen and oxygen atoms in total. The van der Waals surface area contributed by atoms with Crippen LogP contribution in [0.25, 0.3) is 0 Å². The Morgan fingerprint density at radius 1 is 1.12 bits per heavy atom. The first-order valence-electron chi connectivity index (χ1n) is 9.56. The maximum Gasteiger partial charge on any atom is 0.317 e. The molecular weight excluding hydrogens is 332 g/mol. The maximum atomic E-state index is 12.4. The minimum atomic E-state index is -0.126. The molecule has 1 aliphatic heterocycles. The number of nitrogens with zero attached hydrogens (tertiary/aromatic N) is 2. The molecular formula is C19H28N4O3. The molecule has 1 aromatic rings. The van der Waals surface area contributed by atoms with Crippen LogP contribution in [-0.4, -0.2) is 47.1 Å². The Bertz CT molecular complexity index is 606. The third-order valence-corrected chi connectivity index (χ3v) is 5.01. The van der Waals surface area contributed by atoms with E-state index >= 15 is 0 Å². The first kappa shape index (κ1) is 18.5. The molecule has 0 radical (unpaired) electrons. The lowest BCUT2D eigenvalue weighted by Crippen LogP contribution is -2.49. The fourth-order valence-corrected chi connectivity index (χ4v) is 3.59. The Morgan fingerprint density at radius 3 is 2.46 bits per heavy atom. The van der Waals surface area contributed by atoms with Gasteiger partial charge in [0.2, 0.25) is 11.8 Å². The van der Waals surface area contributed by atoms with Crippen molar-refractivity contribution >= 4 is 17.6 Å². The highest BCUT2D eigenvalue weighted by Crippen LogP contribution is 2.20. The van der Waals surface area contributed by atoms with Crippen molar-refractivity contribution in [3.05, 3.63) is 18.3 Å². The molecule has 7 heteroatoms. The number of urea groups is 1. The Kier molecular flexibility index (Phi) is 6.30. The number of hydrogen-bond acceptors (Lipinski definition) is 4. The Balaban J connectivity index is 1.41. The van der Waals surface area contributed by atoms with Gasteiger partial charge in [-0.2, -0.15) is 0 Å². The average molecular weight is 360 g/mol. The molecule has 1 saturated carbocycles. The first-order valence-corrected chi connectivity index (χ1v) is 9.56. The van der Waals surface area contributed by atoms with Crippen LogP contribution in [-0.2, 0) is 4.79 Å². The molecule has 3 amide bonds. The van der Waals surface area contributed by atoms with Crippen LogP contribution in [0.5, 0.6) is 5.88 Å². The molecule has 0 spiro atoms. The van der Waals surface area contributed by atoms with Crippen molar-refractivity contribution in [1.29, 1.82) is 0 Å². The standard InChI is InChI=1S/C19H28N4O3/c1-14(24)21-16-7-8-18(20-13-16)26-17-9-11-23(12-10-17)19(25)22-15-5-3-2-4-6-15/h7-8,13,15,17H,2-6,9-12H2,1H3,(H,21,24)(H,22,25). The van der Waals surface area contributed by atoms with E-state index in [0.717, 1.165) is 25.7 Å². The van der Waals surface area contributed by atoms with E-state index < -0.39 is 0 Å². The molecule has 2 N–H and O–H groups in total. The number of pyridine rings is 1. The summed E-state index contributed by atoms with van der Waals surface area (Å²) < 4.78 is 5.91. The number of likely N-dealkylation sites (tertiary alicyclic amines) is 1. The normalized spacial score (nSPS) is 19.0. The minimum absolute atomic E-state index is 0.0628. The molecule has 2 fully saturated rings. The molecule has 3 rings (SSSR count). The van der Waals surface area contributed by atoms with Gasteiger partial charge in [-0.1, -0.05) is 19.3 Å². The molecule has 2 heterocycles. The van der Waals surface area contributed by atoms with Crippen LogP contribution < -0.4 is 15.4 Å². The van der Waals surface area contributed by atoms with E-state index in [9.17, 15) is 9.59 Å². The summed E-state index contributed by atoms with van der Waals surface area (Å²) in [4.78, 5) is 29.5. The molecule has 26 heavy (non-hydrogen) atoms. The lowest BCUT2D eigenvalue weighted by atomic mass is 9.96. The monoisotopic (exact) mass is 360 g/mol. The van der Waals surface area contributed by atoms with E-state index in [0.29, 0.717) is 30.7 Å². The Hall–Kier alpha value is -2.31. The van der Waals surface area contributed by atoms with Gasteiger partial charge in [0.1, 0.15) is 6.10 Å². The number of hydrogen-bond donors (Lipinski definition) is 2. The van der Waals surface area contributed by atoms with Crippen LogP contribution in [0, 0.1) is 0 Å².